The molecule has 20 heavy (non-hydrogen) atoms. The van der Waals surface area contributed by atoms with Crippen LogP contribution in [0.25, 0.3) is 11.4 Å². The fraction of sp³-hybridized carbons (Fsp3) is 0.429. The Bertz CT molecular complexity index is 572. The minimum atomic E-state index is -0.229. The summed E-state index contributed by atoms with van der Waals surface area (Å²) >= 11 is 0. The SMILES string of the molecule is CC(C)(C)NC(=O)CCc1nc(-c2cccnc2)no1. The molecule has 0 atom stereocenters. The van der Waals surface area contributed by atoms with E-state index in [9.17, 15) is 4.79 Å². The standard InChI is InChI=1S/C14H18N4O2/c1-14(2,3)17-11(19)6-7-12-16-13(18-20-12)10-5-4-8-15-9-10/h4-5,8-9H,6-7H2,1-3H3,(H,17,19). The molecular formula is C14H18N4O2. The second-order valence-corrected chi connectivity index (χ2v) is 5.55. The van der Waals surface area contributed by atoms with Crippen molar-refractivity contribution >= 4 is 5.91 Å². The van der Waals surface area contributed by atoms with Gasteiger partial charge in [-0.1, -0.05) is 5.16 Å². The summed E-state index contributed by atoms with van der Waals surface area (Å²) in [7, 11) is 0. The molecule has 0 unspecified atom stereocenters. The van der Waals surface area contributed by atoms with Crippen molar-refractivity contribution in [3.63, 3.8) is 0 Å². The number of carbonyl (C=O) groups excluding carboxylic acids is 1. The third-order valence-electron chi connectivity index (χ3n) is 2.47. The van der Waals surface area contributed by atoms with Crippen molar-refractivity contribution in [2.24, 2.45) is 0 Å². The fourth-order valence-corrected chi connectivity index (χ4v) is 1.67. The van der Waals surface area contributed by atoms with Crippen molar-refractivity contribution in [2.45, 2.75) is 39.2 Å². The number of nitrogens with one attached hydrogen (secondary N) is 1. The van der Waals surface area contributed by atoms with Gasteiger partial charge in [-0.3, -0.25) is 9.78 Å². The van der Waals surface area contributed by atoms with Crippen LogP contribution >= 0.6 is 0 Å². The zero-order valence-electron chi connectivity index (χ0n) is 11.9. The first-order chi connectivity index (χ1) is 9.44. The first kappa shape index (κ1) is 14.2. The van der Waals surface area contributed by atoms with E-state index < -0.39 is 0 Å². The van der Waals surface area contributed by atoms with Crippen LogP contribution in [0.4, 0.5) is 0 Å². The molecule has 1 amide bonds. The predicted molar refractivity (Wildman–Crippen MR) is 73.7 cm³/mol. The lowest BCUT2D eigenvalue weighted by atomic mass is 10.1. The Labute approximate surface area is 117 Å². The van der Waals surface area contributed by atoms with Crippen LogP contribution in [0.3, 0.4) is 0 Å². The Kier molecular flexibility index (Phi) is 4.12. The Hall–Kier alpha value is -2.24. The van der Waals surface area contributed by atoms with Gasteiger partial charge in [0, 0.05) is 36.3 Å². The Balaban J connectivity index is 1.92. The van der Waals surface area contributed by atoms with Crippen LogP contribution in [-0.4, -0.2) is 26.6 Å². The first-order valence-electron chi connectivity index (χ1n) is 6.48. The van der Waals surface area contributed by atoms with Crippen LogP contribution < -0.4 is 5.32 Å². The van der Waals surface area contributed by atoms with Crippen molar-refractivity contribution < 1.29 is 9.32 Å². The molecule has 0 radical (unpaired) electrons. The molecule has 0 aliphatic heterocycles. The lowest BCUT2D eigenvalue weighted by molar-refractivity contribution is -0.122. The van der Waals surface area contributed by atoms with Gasteiger partial charge in [-0.25, -0.2) is 0 Å². The molecule has 2 rings (SSSR count). The van der Waals surface area contributed by atoms with Crippen LogP contribution in [0.5, 0.6) is 0 Å². The summed E-state index contributed by atoms with van der Waals surface area (Å²) in [6.45, 7) is 5.83. The van der Waals surface area contributed by atoms with E-state index in [-0.39, 0.29) is 11.4 Å². The van der Waals surface area contributed by atoms with Crippen molar-refractivity contribution in [1.82, 2.24) is 20.4 Å². The normalized spacial score (nSPS) is 11.3. The van der Waals surface area contributed by atoms with Gasteiger partial charge in [-0.05, 0) is 32.9 Å². The molecule has 2 aromatic rings. The van der Waals surface area contributed by atoms with E-state index in [1.54, 1.807) is 12.4 Å². The summed E-state index contributed by atoms with van der Waals surface area (Å²) in [5.74, 6) is 0.913. The molecular weight excluding hydrogens is 256 g/mol. The summed E-state index contributed by atoms with van der Waals surface area (Å²) < 4.78 is 5.13. The molecule has 6 heteroatoms. The molecule has 2 heterocycles. The smallest absolute Gasteiger partial charge is 0.227 e. The number of pyridine rings is 1. The Morgan fingerprint density at radius 3 is 2.85 bits per heavy atom. The largest absolute Gasteiger partial charge is 0.351 e. The van der Waals surface area contributed by atoms with E-state index in [0.717, 1.165) is 5.56 Å². The lowest BCUT2D eigenvalue weighted by Gasteiger charge is -2.20. The quantitative estimate of drug-likeness (QED) is 0.922. The molecule has 0 spiro atoms. The van der Waals surface area contributed by atoms with Gasteiger partial charge >= 0.3 is 0 Å². The number of aryl methyl sites for hydroxylation is 1. The first-order valence-corrected chi connectivity index (χ1v) is 6.48. The number of aromatic nitrogens is 3. The molecule has 0 fully saturated rings. The molecule has 0 saturated carbocycles. The highest BCUT2D eigenvalue weighted by Crippen LogP contribution is 2.14. The summed E-state index contributed by atoms with van der Waals surface area (Å²) in [4.78, 5) is 19.9. The minimum absolute atomic E-state index is 0.0290. The summed E-state index contributed by atoms with van der Waals surface area (Å²) in [5, 5.41) is 6.77. The van der Waals surface area contributed by atoms with Crippen LogP contribution in [0.15, 0.2) is 29.0 Å². The van der Waals surface area contributed by atoms with Gasteiger partial charge in [0.15, 0.2) is 0 Å². The maximum absolute atomic E-state index is 11.7. The average molecular weight is 274 g/mol. The number of nitrogens with zero attached hydrogens (tertiary/aromatic N) is 3. The van der Waals surface area contributed by atoms with Crippen molar-refractivity contribution in [2.75, 3.05) is 0 Å². The van der Waals surface area contributed by atoms with E-state index >= 15 is 0 Å². The molecule has 0 aromatic carbocycles. The highest BCUT2D eigenvalue weighted by Gasteiger charge is 2.15. The fourth-order valence-electron chi connectivity index (χ4n) is 1.67. The molecule has 106 valence electrons. The van der Waals surface area contributed by atoms with Crippen LogP contribution in [0.1, 0.15) is 33.1 Å². The molecule has 1 N–H and O–H groups in total. The molecule has 0 saturated heterocycles. The molecule has 0 aliphatic carbocycles. The predicted octanol–water partition coefficient (Wildman–Crippen LogP) is 1.98. The van der Waals surface area contributed by atoms with Crippen LogP contribution in [0, 0.1) is 0 Å². The summed E-state index contributed by atoms with van der Waals surface area (Å²) in [5.41, 5.74) is 0.564. The second kappa shape index (κ2) is 5.81. The summed E-state index contributed by atoms with van der Waals surface area (Å²) in [6.07, 6.45) is 4.10. The Morgan fingerprint density at radius 1 is 1.40 bits per heavy atom. The monoisotopic (exact) mass is 274 g/mol. The van der Waals surface area contributed by atoms with Gasteiger partial charge < -0.3 is 9.84 Å². The van der Waals surface area contributed by atoms with Gasteiger partial charge in [0.1, 0.15) is 0 Å². The summed E-state index contributed by atoms with van der Waals surface area (Å²) in [6, 6.07) is 3.66. The van der Waals surface area contributed by atoms with Gasteiger partial charge in [-0.2, -0.15) is 4.98 Å². The maximum Gasteiger partial charge on any atom is 0.227 e. The minimum Gasteiger partial charge on any atom is -0.351 e. The van der Waals surface area contributed by atoms with Gasteiger partial charge in [0.05, 0.1) is 0 Å². The number of hydrogen-bond acceptors (Lipinski definition) is 5. The third kappa shape index (κ3) is 4.15. The number of amides is 1. The van der Waals surface area contributed by atoms with E-state index in [1.165, 1.54) is 0 Å². The van der Waals surface area contributed by atoms with Crippen LogP contribution in [0.2, 0.25) is 0 Å². The van der Waals surface area contributed by atoms with Gasteiger partial charge in [-0.15, -0.1) is 0 Å². The number of carbonyl (C=O) groups is 1. The number of rotatable bonds is 4. The molecule has 6 nitrogen and oxygen atoms in total. The van der Waals surface area contributed by atoms with Gasteiger partial charge in [0.2, 0.25) is 17.6 Å². The lowest BCUT2D eigenvalue weighted by Crippen LogP contribution is -2.40. The van der Waals surface area contributed by atoms with E-state index in [4.69, 9.17) is 4.52 Å². The maximum atomic E-state index is 11.7. The van der Waals surface area contributed by atoms with Crippen molar-refractivity contribution in [3.05, 3.63) is 30.4 Å². The van der Waals surface area contributed by atoms with E-state index in [2.05, 4.69) is 20.4 Å². The van der Waals surface area contributed by atoms with E-state index in [0.29, 0.717) is 24.6 Å². The highest BCUT2D eigenvalue weighted by molar-refractivity contribution is 5.76. The topological polar surface area (TPSA) is 80.9 Å². The van der Waals surface area contributed by atoms with Crippen LogP contribution in [-0.2, 0) is 11.2 Å². The van der Waals surface area contributed by atoms with Gasteiger partial charge in [0.25, 0.3) is 0 Å². The van der Waals surface area contributed by atoms with E-state index in [1.807, 2.05) is 32.9 Å². The van der Waals surface area contributed by atoms with Crippen molar-refractivity contribution in [1.29, 1.82) is 0 Å². The molecule has 2 aromatic heterocycles. The molecule has 0 aliphatic rings. The molecule has 0 bridgehead atoms. The zero-order valence-corrected chi connectivity index (χ0v) is 11.9. The van der Waals surface area contributed by atoms with Crippen molar-refractivity contribution in [3.8, 4) is 11.4 Å². The Morgan fingerprint density at radius 2 is 2.20 bits per heavy atom. The highest BCUT2D eigenvalue weighted by atomic mass is 16.5. The second-order valence-electron chi connectivity index (χ2n) is 5.55. The third-order valence-corrected chi connectivity index (χ3v) is 2.47. The zero-order chi connectivity index (χ0) is 14.6. The average Bonchev–Trinajstić information content (AvgIpc) is 2.84. The number of hydrogen-bond donors (Lipinski definition) is 1.